The summed E-state index contributed by atoms with van der Waals surface area (Å²) >= 11 is 0. The number of aliphatic hydroxyl groups excluding tert-OH is 1. The van der Waals surface area contributed by atoms with Crippen LogP contribution in [-0.2, 0) is 10.3 Å². The molecule has 2 fully saturated rings. The molecule has 3 aromatic heterocycles. The quantitative estimate of drug-likeness (QED) is 0.532. The number of rotatable bonds is 5. The number of hydrogen-bond donors (Lipinski definition) is 3. The number of aromatic amines is 1. The number of hydrogen-bond acceptors (Lipinski definition) is 7. The molecule has 0 bridgehead atoms. The third-order valence-electron chi connectivity index (χ3n) is 6.95. The number of pyridine rings is 1. The van der Waals surface area contributed by atoms with Gasteiger partial charge in [-0.2, -0.15) is 5.26 Å². The summed E-state index contributed by atoms with van der Waals surface area (Å²) in [6, 6.07) is 7.35. The van der Waals surface area contributed by atoms with Crippen molar-refractivity contribution >= 4 is 22.8 Å². The summed E-state index contributed by atoms with van der Waals surface area (Å²) in [7, 11) is 0. The highest BCUT2D eigenvalue weighted by molar-refractivity contribution is 5.88. The van der Waals surface area contributed by atoms with Crippen LogP contribution in [0.5, 0.6) is 0 Å². The molecule has 0 radical (unpaired) electrons. The summed E-state index contributed by atoms with van der Waals surface area (Å²) in [4.78, 5) is 31.9. The Balaban J connectivity index is 0.00000133. The van der Waals surface area contributed by atoms with Crippen molar-refractivity contribution in [1.82, 2.24) is 25.3 Å². The van der Waals surface area contributed by atoms with E-state index >= 15 is 0 Å². The summed E-state index contributed by atoms with van der Waals surface area (Å²) in [5.41, 5.74) is 0.691. The molecule has 1 aliphatic carbocycles. The normalized spacial score (nSPS) is 20.1. The van der Waals surface area contributed by atoms with E-state index in [0.29, 0.717) is 17.7 Å². The maximum atomic E-state index is 13.4. The van der Waals surface area contributed by atoms with E-state index < -0.39 is 5.54 Å². The molecule has 1 saturated heterocycles. The molecule has 1 saturated carbocycles. The summed E-state index contributed by atoms with van der Waals surface area (Å²) < 4.78 is 0. The minimum absolute atomic E-state index is 0.0562. The number of piperidine rings is 1. The van der Waals surface area contributed by atoms with E-state index in [9.17, 15) is 9.90 Å². The lowest BCUT2D eigenvalue weighted by Crippen LogP contribution is -2.54. The Hall–Kier alpha value is -3.51. The summed E-state index contributed by atoms with van der Waals surface area (Å²) in [5.74, 6) is 0.717. The Morgan fingerprint density at radius 2 is 2.12 bits per heavy atom. The van der Waals surface area contributed by atoms with E-state index in [2.05, 4.69) is 30.2 Å². The third-order valence-corrected chi connectivity index (χ3v) is 6.95. The Morgan fingerprint density at radius 1 is 1.32 bits per heavy atom. The van der Waals surface area contributed by atoms with Gasteiger partial charge in [-0.05, 0) is 49.8 Å². The minimum Gasteiger partial charge on any atom is -0.394 e. The maximum absolute atomic E-state index is 13.4. The van der Waals surface area contributed by atoms with Crippen LogP contribution < -0.4 is 10.2 Å². The first-order chi connectivity index (χ1) is 16.5. The number of nitrogens with zero attached hydrogens (tertiary/aromatic N) is 5. The van der Waals surface area contributed by atoms with Crippen LogP contribution in [0.15, 0.2) is 36.9 Å². The number of fused-ring (bicyclic) bond motifs is 1. The average Bonchev–Trinajstić information content (AvgIpc) is 3.45. The van der Waals surface area contributed by atoms with E-state index in [1.807, 2.05) is 32.2 Å². The van der Waals surface area contributed by atoms with Crippen LogP contribution in [0.1, 0.15) is 51.3 Å². The van der Waals surface area contributed by atoms with E-state index in [1.54, 1.807) is 25.4 Å². The molecule has 9 heteroatoms. The SMILES string of the molecule is CC.C[C@](CO)(NC(=O)[C@H]1CCN(c2ncnc3[nH]ccc23)CC12CC2)c1ccc(C#N)cn1. The largest absolute Gasteiger partial charge is 0.394 e. The van der Waals surface area contributed by atoms with Gasteiger partial charge in [0, 0.05) is 31.4 Å². The number of carbonyl (C=O) groups is 1. The highest BCUT2D eigenvalue weighted by Gasteiger charge is 2.56. The zero-order valence-corrected chi connectivity index (χ0v) is 19.9. The maximum Gasteiger partial charge on any atom is 0.224 e. The zero-order valence-electron chi connectivity index (χ0n) is 19.9. The summed E-state index contributed by atoms with van der Waals surface area (Å²) in [6.45, 7) is 6.98. The van der Waals surface area contributed by atoms with E-state index in [4.69, 9.17) is 5.26 Å². The number of carbonyl (C=O) groups excluding carboxylic acids is 1. The highest BCUT2D eigenvalue weighted by Crippen LogP contribution is 2.56. The second-order valence-corrected chi connectivity index (χ2v) is 9.09. The van der Waals surface area contributed by atoms with Gasteiger partial charge in [-0.1, -0.05) is 13.8 Å². The Labute approximate surface area is 199 Å². The number of nitrogens with one attached hydrogen (secondary N) is 2. The highest BCUT2D eigenvalue weighted by atomic mass is 16.3. The predicted octanol–water partition coefficient (Wildman–Crippen LogP) is 2.88. The van der Waals surface area contributed by atoms with Gasteiger partial charge in [0.05, 0.1) is 23.3 Å². The van der Waals surface area contributed by atoms with Crippen LogP contribution in [0.2, 0.25) is 0 Å². The van der Waals surface area contributed by atoms with Gasteiger partial charge in [0.15, 0.2) is 0 Å². The molecule has 2 aliphatic rings. The van der Waals surface area contributed by atoms with E-state index in [-0.39, 0.29) is 23.8 Å². The molecule has 1 spiro atoms. The van der Waals surface area contributed by atoms with E-state index in [0.717, 1.165) is 42.8 Å². The van der Waals surface area contributed by atoms with Crippen molar-refractivity contribution in [3.63, 3.8) is 0 Å². The van der Waals surface area contributed by atoms with Crippen LogP contribution >= 0.6 is 0 Å². The molecule has 2 atom stereocenters. The molecular formula is C25H31N7O2. The fourth-order valence-electron chi connectivity index (χ4n) is 4.86. The van der Waals surface area contributed by atoms with Crippen molar-refractivity contribution in [3.05, 3.63) is 48.2 Å². The fourth-order valence-corrected chi connectivity index (χ4v) is 4.86. The molecule has 1 amide bonds. The van der Waals surface area contributed by atoms with Crippen LogP contribution in [0.25, 0.3) is 11.0 Å². The Kier molecular flexibility index (Phi) is 6.53. The second kappa shape index (κ2) is 9.39. The van der Waals surface area contributed by atoms with Gasteiger partial charge in [-0.3, -0.25) is 9.78 Å². The third kappa shape index (κ3) is 4.21. The van der Waals surface area contributed by atoms with Crippen LogP contribution in [0, 0.1) is 22.7 Å². The fraction of sp³-hybridized carbons (Fsp3) is 0.480. The predicted molar refractivity (Wildman–Crippen MR) is 129 cm³/mol. The first kappa shape index (κ1) is 23.6. The van der Waals surface area contributed by atoms with Crippen molar-refractivity contribution in [2.24, 2.45) is 11.3 Å². The van der Waals surface area contributed by atoms with E-state index in [1.165, 1.54) is 6.20 Å². The molecule has 4 heterocycles. The molecule has 0 unspecified atom stereocenters. The molecular weight excluding hydrogens is 430 g/mol. The monoisotopic (exact) mass is 461 g/mol. The number of aromatic nitrogens is 4. The number of nitriles is 1. The first-order valence-corrected chi connectivity index (χ1v) is 11.8. The molecule has 178 valence electrons. The van der Waals surface area contributed by atoms with Gasteiger partial charge < -0.3 is 20.3 Å². The molecule has 0 aromatic carbocycles. The van der Waals surface area contributed by atoms with Crippen molar-refractivity contribution in [2.75, 3.05) is 24.6 Å². The van der Waals surface area contributed by atoms with Crippen LogP contribution in [-0.4, -0.2) is 50.6 Å². The van der Waals surface area contributed by atoms with Gasteiger partial charge in [0.2, 0.25) is 5.91 Å². The number of anilines is 1. The number of aliphatic hydroxyl groups is 1. The lowest BCUT2D eigenvalue weighted by Gasteiger charge is -2.40. The molecule has 5 rings (SSSR count). The summed E-state index contributed by atoms with van der Waals surface area (Å²) in [5, 5.41) is 23.1. The second-order valence-electron chi connectivity index (χ2n) is 9.09. The lowest BCUT2D eigenvalue weighted by atomic mass is 9.80. The molecule has 3 N–H and O–H groups in total. The molecule has 1 aliphatic heterocycles. The van der Waals surface area contributed by atoms with Gasteiger partial charge in [0.25, 0.3) is 0 Å². The van der Waals surface area contributed by atoms with Gasteiger partial charge in [0.1, 0.15) is 29.4 Å². The van der Waals surface area contributed by atoms with Gasteiger partial charge in [-0.15, -0.1) is 0 Å². The molecule has 9 nitrogen and oxygen atoms in total. The Morgan fingerprint density at radius 3 is 2.76 bits per heavy atom. The van der Waals surface area contributed by atoms with Crippen LogP contribution in [0.3, 0.4) is 0 Å². The first-order valence-electron chi connectivity index (χ1n) is 11.8. The smallest absolute Gasteiger partial charge is 0.224 e. The van der Waals surface area contributed by atoms with Crippen LogP contribution in [0.4, 0.5) is 5.82 Å². The standard InChI is InChI=1S/C23H25N7O2.C2H6/c1-22(13-31,18-3-2-15(10-24)11-26-18)29-21(32)17-5-9-30(12-23(17)6-7-23)20-16-4-8-25-19(16)27-14-28-20;1-2/h2-4,8,11,14,17,31H,5-7,9,12-13H2,1H3,(H,29,32)(H,25,27,28);1-2H3/t17-,22-;/m1./s1. The molecule has 34 heavy (non-hydrogen) atoms. The minimum atomic E-state index is -1.01. The zero-order chi connectivity index (χ0) is 24.3. The summed E-state index contributed by atoms with van der Waals surface area (Å²) in [6.07, 6.45) is 7.60. The lowest BCUT2D eigenvalue weighted by molar-refractivity contribution is -0.130. The van der Waals surface area contributed by atoms with Crippen molar-refractivity contribution in [3.8, 4) is 6.07 Å². The van der Waals surface area contributed by atoms with Crippen molar-refractivity contribution in [2.45, 2.75) is 45.6 Å². The van der Waals surface area contributed by atoms with Crippen molar-refractivity contribution in [1.29, 1.82) is 5.26 Å². The number of H-pyrrole nitrogens is 1. The van der Waals surface area contributed by atoms with Gasteiger partial charge >= 0.3 is 0 Å². The Bertz CT molecular complexity index is 1200. The topological polar surface area (TPSA) is 131 Å². The molecule has 3 aromatic rings. The van der Waals surface area contributed by atoms with Gasteiger partial charge in [-0.25, -0.2) is 9.97 Å². The number of amides is 1. The van der Waals surface area contributed by atoms with Crippen molar-refractivity contribution < 1.29 is 9.90 Å². The average molecular weight is 462 g/mol.